The topological polar surface area (TPSA) is 93.4 Å². The van der Waals surface area contributed by atoms with Gasteiger partial charge in [0.05, 0.1) is 12.7 Å². The Morgan fingerprint density at radius 2 is 2.12 bits per heavy atom. The third-order valence-electron chi connectivity index (χ3n) is 4.34. The number of hydrogen-bond acceptors (Lipinski definition) is 5. The second-order valence-electron chi connectivity index (χ2n) is 6.00. The first-order valence-corrected chi connectivity index (χ1v) is 8.32. The summed E-state index contributed by atoms with van der Waals surface area (Å²) >= 11 is 5.91. The molecule has 1 aromatic carbocycles. The van der Waals surface area contributed by atoms with Gasteiger partial charge in [-0.05, 0) is 18.2 Å². The van der Waals surface area contributed by atoms with E-state index in [-0.39, 0.29) is 5.82 Å². The first kappa shape index (κ1) is 18.5. The van der Waals surface area contributed by atoms with Crippen LogP contribution in [-0.2, 0) is 4.74 Å². The molecule has 1 aromatic heterocycles. The molecule has 1 saturated heterocycles. The first-order chi connectivity index (χ1) is 12.3. The maximum atomic E-state index is 14.8. The van der Waals surface area contributed by atoms with Crippen LogP contribution in [0.3, 0.4) is 0 Å². The number of carbonyl (C=O) groups excluding carboxylic acids is 1. The maximum Gasteiger partial charge on any atom is 0.351 e. The van der Waals surface area contributed by atoms with Gasteiger partial charge in [0.1, 0.15) is 5.82 Å². The van der Waals surface area contributed by atoms with Crippen LogP contribution in [0.5, 0.6) is 0 Å². The molecular weight excluding hydrogens is 365 g/mol. The van der Waals surface area contributed by atoms with E-state index in [1.165, 1.54) is 19.2 Å². The zero-order chi connectivity index (χ0) is 18.9. The smallest absolute Gasteiger partial charge is 0.351 e. The molecule has 4 atom stereocenters. The van der Waals surface area contributed by atoms with Crippen LogP contribution in [0.2, 0.25) is 0 Å². The quantitative estimate of drug-likeness (QED) is 0.789. The van der Waals surface area contributed by atoms with E-state index < -0.39 is 41.6 Å². The minimum absolute atomic E-state index is 0.0175. The highest BCUT2D eigenvalue weighted by atomic mass is 35.5. The summed E-state index contributed by atoms with van der Waals surface area (Å²) in [6.07, 6.45) is -1.04. The summed E-state index contributed by atoms with van der Waals surface area (Å²) in [6.45, 7) is 1.06. The van der Waals surface area contributed by atoms with E-state index in [0.29, 0.717) is 5.56 Å². The van der Waals surface area contributed by atoms with Gasteiger partial charge in [0, 0.05) is 17.7 Å². The molecule has 1 fully saturated rings. The predicted octanol–water partition coefficient (Wildman–Crippen LogP) is 1.93. The Bertz CT molecular complexity index is 859. The Hall–Kier alpha value is -2.29. The van der Waals surface area contributed by atoms with Crippen molar-refractivity contribution < 1.29 is 19.0 Å². The molecule has 1 aliphatic rings. The number of carbonyl (C=O) groups is 1. The molecule has 0 spiro atoms. The number of rotatable bonds is 4. The number of benzene rings is 1. The number of nitrogens with one attached hydrogen (secondary N) is 1. The molecule has 0 radical (unpaired) electrons. The molecular formula is C17H17ClFN3O4. The summed E-state index contributed by atoms with van der Waals surface area (Å²) in [7, 11) is 0. The molecule has 9 heteroatoms. The number of halogens is 2. The van der Waals surface area contributed by atoms with Gasteiger partial charge >= 0.3 is 5.69 Å². The molecule has 26 heavy (non-hydrogen) atoms. The molecule has 2 heterocycles. The van der Waals surface area contributed by atoms with Crippen molar-refractivity contribution in [3.05, 3.63) is 58.6 Å². The molecule has 4 unspecified atom stereocenters. The molecule has 0 saturated carbocycles. The molecule has 0 aliphatic carbocycles. The highest BCUT2D eigenvalue weighted by molar-refractivity contribution is 6.23. The number of hydrogen-bond donors (Lipinski definition) is 2. The van der Waals surface area contributed by atoms with E-state index in [2.05, 4.69) is 10.3 Å². The van der Waals surface area contributed by atoms with Crippen molar-refractivity contribution in [2.45, 2.75) is 24.4 Å². The molecule has 1 aliphatic heterocycles. The van der Waals surface area contributed by atoms with Gasteiger partial charge in [0.15, 0.2) is 6.23 Å². The van der Waals surface area contributed by atoms with E-state index >= 15 is 0 Å². The van der Waals surface area contributed by atoms with Crippen molar-refractivity contribution in [2.75, 3.05) is 11.9 Å². The van der Waals surface area contributed by atoms with Gasteiger partial charge in [0.2, 0.25) is 5.13 Å². The standard InChI is InChI=1S/C17H17ClFN3O4/c1-10-12(9-23)26-15(17(10,18)19)22-8-7-13(21-16(22)25)20-14(24)11-5-3-2-4-6-11/h2-8,10,12,15,23H,9H2,1H3,(H,20,21,24,25). The molecule has 2 aromatic rings. The monoisotopic (exact) mass is 381 g/mol. The minimum atomic E-state index is -2.38. The van der Waals surface area contributed by atoms with Crippen molar-refractivity contribution in [3.8, 4) is 0 Å². The fourth-order valence-corrected chi connectivity index (χ4v) is 3.03. The number of amides is 1. The lowest BCUT2D eigenvalue weighted by Gasteiger charge is -2.23. The zero-order valence-electron chi connectivity index (χ0n) is 13.8. The highest BCUT2D eigenvalue weighted by Gasteiger charge is 2.55. The van der Waals surface area contributed by atoms with E-state index in [1.54, 1.807) is 30.3 Å². The summed E-state index contributed by atoms with van der Waals surface area (Å²) in [5.74, 6) is -1.24. The van der Waals surface area contributed by atoms with Crippen LogP contribution in [0, 0.1) is 5.92 Å². The average molecular weight is 382 g/mol. The van der Waals surface area contributed by atoms with E-state index in [1.807, 2.05) is 0 Å². The van der Waals surface area contributed by atoms with Crippen molar-refractivity contribution in [3.63, 3.8) is 0 Å². The number of aliphatic hydroxyl groups is 1. The van der Waals surface area contributed by atoms with Crippen LogP contribution in [-0.4, -0.2) is 38.4 Å². The van der Waals surface area contributed by atoms with E-state index in [0.717, 1.165) is 4.57 Å². The van der Waals surface area contributed by atoms with Crippen LogP contribution in [0.25, 0.3) is 0 Å². The van der Waals surface area contributed by atoms with Crippen LogP contribution < -0.4 is 11.0 Å². The molecule has 2 N–H and O–H groups in total. The second kappa shape index (κ2) is 7.14. The number of aromatic nitrogens is 2. The van der Waals surface area contributed by atoms with Gasteiger partial charge in [-0.1, -0.05) is 36.7 Å². The van der Waals surface area contributed by atoms with Crippen molar-refractivity contribution in [1.29, 1.82) is 0 Å². The highest BCUT2D eigenvalue weighted by Crippen LogP contribution is 2.47. The Labute approximate surface area is 153 Å². The lowest BCUT2D eigenvalue weighted by molar-refractivity contribution is -0.0478. The molecule has 1 amide bonds. The summed E-state index contributed by atoms with van der Waals surface area (Å²) in [5, 5.41) is 9.37. The van der Waals surface area contributed by atoms with Crippen LogP contribution in [0.4, 0.5) is 10.2 Å². The molecule has 0 bridgehead atoms. The van der Waals surface area contributed by atoms with E-state index in [4.69, 9.17) is 16.3 Å². The number of aliphatic hydroxyl groups excluding tert-OH is 1. The van der Waals surface area contributed by atoms with Crippen LogP contribution in [0.15, 0.2) is 47.4 Å². The lowest BCUT2D eigenvalue weighted by Crippen LogP contribution is -2.37. The SMILES string of the molecule is CC1C(CO)OC(n2ccc(NC(=O)c3ccccc3)nc2=O)C1(F)Cl. The fraction of sp³-hybridized carbons (Fsp3) is 0.353. The van der Waals surface area contributed by atoms with Crippen LogP contribution >= 0.6 is 11.6 Å². The molecule has 3 rings (SSSR count). The largest absolute Gasteiger partial charge is 0.394 e. The lowest BCUT2D eigenvalue weighted by atomic mass is 10.0. The minimum Gasteiger partial charge on any atom is -0.394 e. The summed E-state index contributed by atoms with van der Waals surface area (Å²) in [4.78, 5) is 28.1. The molecule has 138 valence electrons. The van der Waals surface area contributed by atoms with Crippen LogP contribution in [0.1, 0.15) is 23.5 Å². The normalized spacial score (nSPS) is 28.1. The zero-order valence-corrected chi connectivity index (χ0v) is 14.6. The van der Waals surface area contributed by atoms with Gasteiger partial charge in [-0.3, -0.25) is 9.36 Å². The van der Waals surface area contributed by atoms with Crippen molar-refractivity contribution in [2.24, 2.45) is 5.92 Å². The first-order valence-electron chi connectivity index (χ1n) is 7.94. The van der Waals surface area contributed by atoms with Gasteiger partial charge in [-0.2, -0.15) is 4.98 Å². The Kier molecular flexibility index (Phi) is 5.08. The van der Waals surface area contributed by atoms with E-state index in [9.17, 15) is 19.1 Å². The summed E-state index contributed by atoms with van der Waals surface area (Å²) in [6, 6.07) is 9.76. The number of anilines is 1. The third-order valence-corrected chi connectivity index (χ3v) is 4.87. The summed E-state index contributed by atoms with van der Waals surface area (Å²) in [5.41, 5.74) is -0.435. The van der Waals surface area contributed by atoms with Gasteiger partial charge in [-0.25, -0.2) is 9.18 Å². The predicted molar refractivity (Wildman–Crippen MR) is 92.7 cm³/mol. The third kappa shape index (κ3) is 3.35. The average Bonchev–Trinajstić information content (AvgIpc) is 2.85. The second-order valence-corrected chi connectivity index (χ2v) is 6.57. The number of ether oxygens (including phenoxy) is 1. The van der Waals surface area contributed by atoms with Crippen molar-refractivity contribution >= 4 is 23.3 Å². The van der Waals surface area contributed by atoms with Gasteiger partial charge in [-0.15, -0.1) is 0 Å². The Balaban J connectivity index is 1.82. The van der Waals surface area contributed by atoms with Gasteiger partial charge < -0.3 is 15.2 Å². The van der Waals surface area contributed by atoms with Crippen molar-refractivity contribution in [1.82, 2.24) is 9.55 Å². The fourth-order valence-electron chi connectivity index (χ4n) is 2.74. The number of alkyl halides is 2. The molecule has 7 nitrogen and oxygen atoms in total. The maximum absolute atomic E-state index is 14.8. The Morgan fingerprint density at radius 3 is 2.69 bits per heavy atom. The summed E-state index contributed by atoms with van der Waals surface area (Å²) < 4.78 is 21.1. The number of nitrogens with zero attached hydrogens (tertiary/aromatic N) is 2. The Morgan fingerprint density at radius 1 is 1.42 bits per heavy atom. The van der Waals surface area contributed by atoms with Gasteiger partial charge in [0.25, 0.3) is 5.91 Å².